The van der Waals surface area contributed by atoms with Crippen LogP contribution in [0.4, 0.5) is 16.2 Å². The smallest absolute Gasteiger partial charge is 0.410 e. The lowest BCUT2D eigenvalue weighted by atomic mass is 10.1. The maximum absolute atomic E-state index is 12.2. The summed E-state index contributed by atoms with van der Waals surface area (Å²) < 4.78 is 5.41. The molecule has 1 unspecified atom stereocenters. The Kier molecular flexibility index (Phi) is 4.69. The van der Waals surface area contributed by atoms with Crippen LogP contribution in [0.5, 0.6) is 0 Å². The van der Waals surface area contributed by atoms with E-state index in [0.29, 0.717) is 17.8 Å². The Morgan fingerprint density at radius 2 is 2.17 bits per heavy atom. The normalized spacial score (nSPS) is 17.7. The molecular formula is C17H24N4O2. The topological polar surface area (TPSA) is 82.6 Å². The first-order valence-electron chi connectivity index (χ1n) is 7.71. The van der Waals surface area contributed by atoms with E-state index < -0.39 is 5.60 Å². The van der Waals surface area contributed by atoms with E-state index in [1.54, 1.807) is 24.1 Å². The number of nitriles is 1. The molecule has 1 aromatic carbocycles. The quantitative estimate of drug-likeness (QED) is 0.848. The molecule has 6 nitrogen and oxygen atoms in total. The van der Waals surface area contributed by atoms with Gasteiger partial charge >= 0.3 is 6.09 Å². The van der Waals surface area contributed by atoms with Gasteiger partial charge in [0.25, 0.3) is 0 Å². The largest absolute Gasteiger partial charge is 0.444 e. The van der Waals surface area contributed by atoms with Crippen LogP contribution in [0.1, 0.15) is 32.8 Å². The maximum Gasteiger partial charge on any atom is 0.410 e. The maximum atomic E-state index is 12.2. The van der Waals surface area contributed by atoms with Crippen molar-refractivity contribution < 1.29 is 9.53 Å². The standard InChI is InChI=1S/C17H24N4O2/c1-17(2,3)23-16(22)20(4)14-7-8-21(11-14)13-5-6-15(19)12(9-13)10-18/h5-6,9,14H,7-8,11,19H2,1-4H3. The van der Waals surface area contributed by atoms with E-state index in [9.17, 15) is 4.79 Å². The van der Waals surface area contributed by atoms with E-state index in [2.05, 4.69) is 11.0 Å². The first kappa shape index (κ1) is 16.9. The number of hydrogen-bond donors (Lipinski definition) is 1. The molecule has 6 heteroatoms. The van der Waals surface area contributed by atoms with E-state index in [1.165, 1.54) is 0 Å². The summed E-state index contributed by atoms with van der Waals surface area (Å²) in [6.45, 7) is 7.11. The monoisotopic (exact) mass is 316 g/mol. The predicted molar refractivity (Wildman–Crippen MR) is 90.2 cm³/mol. The van der Waals surface area contributed by atoms with Crippen molar-refractivity contribution in [3.05, 3.63) is 23.8 Å². The van der Waals surface area contributed by atoms with Crippen molar-refractivity contribution in [2.24, 2.45) is 0 Å². The summed E-state index contributed by atoms with van der Waals surface area (Å²) in [7, 11) is 1.77. The lowest BCUT2D eigenvalue weighted by Crippen LogP contribution is -2.42. The molecule has 2 rings (SSSR count). The molecule has 1 amide bonds. The molecule has 1 aliphatic rings. The van der Waals surface area contributed by atoms with Crippen molar-refractivity contribution in [2.75, 3.05) is 30.8 Å². The van der Waals surface area contributed by atoms with Gasteiger partial charge in [-0.2, -0.15) is 5.26 Å². The van der Waals surface area contributed by atoms with Crippen LogP contribution in [-0.2, 0) is 4.74 Å². The van der Waals surface area contributed by atoms with Crippen LogP contribution >= 0.6 is 0 Å². The summed E-state index contributed by atoms with van der Waals surface area (Å²) in [6.07, 6.45) is 0.557. The van der Waals surface area contributed by atoms with Gasteiger partial charge in [0.05, 0.1) is 11.6 Å². The molecule has 2 N–H and O–H groups in total. The average molecular weight is 316 g/mol. The summed E-state index contributed by atoms with van der Waals surface area (Å²) >= 11 is 0. The fourth-order valence-electron chi connectivity index (χ4n) is 2.61. The lowest BCUT2D eigenvalue weighted by Gasteiger charge is -2.28. The molecule has 0 radical (unpaired) electrons. The predicted octanol–water partition coefficient (Wildman–Crippen LogP) is 2.59. The number of amides is 1. The van der Waals surface area contributed by atoms with E-state index in [0.717, 1.165) is 18.7 Å². The Morgan fingerprint density at radius 1 is 1.48 bits per heavy atom. The third-order valence-corrected chi connectivity index (χ3v) is 3.92. The van der Waals surface area contributed by atoms with E-state index in [4.69, 9.17) is 15.7 Å². The van der Waals surface area contributed by atoms with Gasteiger partial charge in [0.1, 0.15) is 11.7 Å². The third-order valence-electron chi connectivity index (χ3n) is 3.92. The number of nitrogens with zero attached hydrogens (tertiary/aromatic N) is 3. The lowest BCUT2D eigenvalue weighted by molar-refractivity contribution is 0.0238. The molecule has 1 aliphatic heterocycles. The second-order valence-electron chi connectivity index (χ2n) is 6.86. The molecule has 124 valence electrons. The van der Waals surface area contributed by atoms with Gasteiger partial charge in [0, 0.05) is 31.5 Å². The van der Waals surface area contributed by atoms with Crippen molar-refractivity contribution in [3.8, 4) is 6.07 Å². The molecule has 0 saturated carbocycles. The van der Waals surface area contributed by atoms with Gasteiger partial charge in [-0.3, -0.25) is 0 Å². The van der Waals surface area contributed by atoms with Crippen molar-refractivity contribution in [1.29, 1.82) is 5.26 Å². The van der Waals surface area contributed by atoms with Crippen molar-refractivity contribution >= 4 is 17.5 Å². The van der Waals surface area contributed by atoms with Crippen LogP contribution < -0.4 is 10.6 Å². The molecule has 0 bridgehead atoms. The van der Waals surface area contributed by atoms with Gasteiger partial charge < -0.3 is 20.3 Å². The molecule has 1 aromatic rings. The second-order valence-corrected chi connectivity index (χ2v) is 6.86. The van der Waals surface area contributed by atoms with Crippen LogP contribution in [0, 0.1) is 11.3 Å². The number of nitrogens with two attached hydrogens (primary N) is 1. The number of benzene rings is 1. The summed E-state index contributed by atoms with van der Waals surface area (Å²) in [4.78, 5) is 16.0. The third kappa shape index (κ3) is 4.07. The Labute approximate surface area is 137 Å². The zero-order chi connectivity index (χ0) is 17.2. The fourth-order valence-corrected chi connectivity index (χ4v) is 2.61. The Morgan fingerprint density at radius 3 is 2.78 bits per heavy atom. The Balaban J connectivity index is 2.04. The highest BCUT2D eigenvalue weighted by Crippen LogP contribution is 2.26. The molecule has 1 fully saturated rings. The molecule has 1 atom stereocenters. The molecule has 1 saturated heterocycles. The highest BCUT2D eigenvalue weighted by Gasteiger charge is 2.31. The van der Waals surface area contributed by atoms with Crippen LogP contribution in [0.25, 0.3) is 0 Å². The average Bonchev–Trinajstić information content (AvgIpc) is 2.95. The summed E-state index contributed by atoms with van der Waals surface area (Å²) in [5.41, 5.74) is 7.18. The number of hydrogen-bond acceptors (Lipinski definition) is 5. The summed E-state index contributed by atoms with van der Waals surface area (Å²) in [5, 5.41) is 9.09. The number of anilines is 2. The molecule has 0 aliphatic carbocycles. The van der Waals surface area contributed by atoms with Crippen molar-refractivity contribution in [2.45, 2.75) is 38.8 Å². The zero-order valence-electron chi connectivity index (χ0n) is 14.2. The van der Waals surface area contributed by atoms with E-state index in [-0.39, 0.29) is 12.1 Å². The molecule has 23 heavy (non-hydrogen) atoms. The van der Waals surface area contributed by atoms with E-state index >= 15 is 0 Å². The van der Waals surface area contributed by atoms with Gasteiger partial charge in [-0.1, -0.05) is 0 Å². The Hall–Kier alpha value is -2.42. The van der Waals surface area contributed by atoms with E-state index in [1.807, 2.05) is 26.8 Å². The van der Waals surface area contributed by atoms with Crippen LogP contribution in [0.3, 0.4) is 0 Å². The van der Waals surface area contributed by atoms with Gasteiger partial charge in [-0.25, -0.2) is 4.79 Å². The number of rotatable bonds is 2. The Bertz CT molecular complexity index is 630. The summed E-state index contributed by atoms with van der Waals surface area (Å²) in [6, 6.07) is 7.65. The summed E-state index contributed by atoms with van der Waals surface area (Å²) in [5.74, 6) is 0. The van der Waals surface area contributed by atoms with Gasteiger partial charge in [-0.15, -0.1) is 0 Å². The first-order valence-corrected chi connectivity index (χ1v) is 7.71. The van der Waals surface area contributed by atoms with Crippen LogP contribution in [0.2, 0.25) is 0 Å². The van der Waals surface area contributed by atoms with Crippen LogP contribution in [-0.4, -0.2) is 42.8 Å². The van der Waals surface area contributed by atoms with Gasteiger partial charge in [-0.05, 0) is 45.4 Å². The minimum Gasteiger partial charge on any atom is -0.444 e. The number of carbonyl (C=O) groups excluding carboxylic acids is 1. The van der Waals surface area contributed by atoms with Gasteiger partial charge in [0.15, 0.2) is 0 Å². The van der Waals surface area contributed by atoms with Crippen LogP contribution in [0.15, 0.2) is 18.2 Å². The minimum atomic E-state index is -0.498. The zero-order valence-corrected chi connectivity index (χ0v) is 14.2. The molecule has 0 aromatic heterocycles. The number of ether oxygens (including phenoxy) is 1. The number of nitrogen functional groups attached to an aromatic ring is 1. The second kappa shape index (κ2) is 6.37. The molecule has 1 heterocycles. The van der Waals surface area contributed by atoms with Crippen molar-refractivity contribution in [3.63, 3.8) is 0 Å². The number of likely N-dealkylation sites (N-methyl/N-ethyl adjacent to an activating group) is 1. The molecular weight excluding hydrogens is 292 g/mol. The minimum absolute atomic E-state index is 0.0907. The van der Waals surface area contributed by atoms with Crippen molar-refractivity contribution in [1.82, 2.24) is 4.90 Å². The highest BCUT2D eigenvalue weighted by molar-refractivity contribution is 5.69. The first-order chi connectivity index (χ1) is 10.7. The highest BCUT2D eigenvalue weighted by atomic mass is 16.6. The molecule has 0 spiro atoms. The number of carbonyl (C=O) groups is 1. The van der Waals surface area contributed by atoms with Gasteiger partial charge in [0.2, 0.25) is 0 Å². The fraction of sp³-hybridized carbons (Fsp3) is 0.529. The SMILES string of the molecule is CN(C(=O)OC(C)(C)C)C1CCN(c2ccc(N)c(C#N)c2)C1.